The van der Waals surface area contributed by atoms with Crippen molar-refractivity contribution in [3.8, 4) is 0 Å². The highest BCUT2D eigenvalue weighted by Gasteiger charge is 2.19. The van der Waals surface area contributed by atoms with Gasteiger partial charge in [-0.3, -0.25) is 4.79 Å². The molecular formula is C17H23ClFNO2S. The molecule has 1 unspecified atom stereocenters. The molecule has 1 aromatic rings. The Morgan fingerprint density at radius 1 is 1.39 bits per heavy atom. The van der Waals surface area contributed by atoms with Crippen LogP contribution in [0.3, 0.4) is 0 Å². The molecule has 0 aliphatic carbocycles. The van der Waals surface area contributed by atoms with Crippen LogP contribution in [0.5, 0.6) is 0 Å². The number of nitrogens with one attached hydrogen (secondary N) is 1. The SMILES string of the molecule is CCCOC(=S)Cc1cc(NC(=O)C(C)C(C)C)c(F)cc1Cl. The van der Waals surface area contributed by atoms with Gasteiger partial charge in [-0.2, -0.15) is 0 Å². The first-order chi connectivity index (χ1) is 10.8. The number of hydrogen-bond donors (Lipinski definition) is 1. The van der Waals surface area contributed by atoms with Gasteiger partial charge in [-0.1, -0.05) is 39.3 Å². The van der Waals surface area contributed by atoms with Crippen molar-refractivity contribution in [3.05, 3.63) is 28.5 Å². The van der Waals surface area contributed by atoms with Gasteiger partial charge in [0.25, 0.3) is 0 Å². The number of anilines is 1. The second-order valence-electron chi connectivity index (χ2n) is 5.84. The fourth-order valence-corrected chi connectivity index (χ4v) is 2.25. The molecule has 128 valence electrons. The Morgan fingerprint density at radius 2 is 2.04 bits per heavy atom. The summed E-state index contributed by atoms with van der Waals surface area (Å²) in [5.74, 6) is -0.845. The summed E-state index contributed by atoms with van der Waals surface area (Å²) in [6, 6.07) is 2.71. The Morgan fingerprint density at radius 3 is 2.61 bits per heavy atom. The summed E-state index contributed by atoms with van der Waals surface area (Å²) < 4.78 is 19.4. The molecule has 23 heavy (non-hydrogen) atoms. The predicted molar refractivity (Wildman–Crippen MR) is 96.6 cm³/mol. The minimum atomic E-state index is -0.566. The molecule has 1 aromatic carbocycles. The normalized spacial score (nSPS) is 12.1. The Hall–Kier alpha value is -1.20. The van der Waals surface area contributed by atoms with Crippen LogP contribution >= 0.6 is 23.8 Å². The van der Waals surface area contributed by atoms with Crippen LogP contribution in [0, 0.1) is 17.7 Å². The van der Waals surface area contributed by atoms with Crippen LogP contribution in [0.2, 0.25) is 5.02 Å². The van der Waals surface area contributed by atoms with Crippen molar-refractivity contribution < 1.29 is 13.9 Å². The zero-order valence-electron chi connectivity index (χ0n) is 13.9. The first kappa shape index (κ1) is 19.8. The standard InChI is InChI=1S/C17H23ClFNO2S/c1-5-6-22-16(23)8-12-7-15(14(19)9-13(12)18)20-17(21)11(4)10(2)3/h7,9-11H,5-6,8H2,1-4H3,(H,20,21). The Bertz CT molecular complexity index is 578. The Kier molecular flexibility index (Phi) is 7.92. The molecule has 6 heteroatoms. The fourth-order valence-electron chi connectivity index (χ4n) is 1.80. The van der Waals surface area contributed by atoms with Crippen LogP contribution in [0.25, 0.3) is 0 Å². The van der Waals surface area contributed by atoms with Crippen LogP contribution in [0.4, 0.5) is 10.1 Å². The van der Waals surface area contributed by atoms with E-state index in [1.54, 1.807) is 0 Å². The number of halogens is 2. The maximum Gasteiger partial charge on any atom is 0.227 e. The summed E-state index contributed by atoms with van der Waals surface area (Å²) in [6.07, 6.45) is 1.16. The fraction of sp³-hybridized carbons (Fsp3) is 0.529. The first-order valence-corrected chi connectivity index (χ1v) is 8.49. The lowest BCUT2D eigenvalue weighted by Crippen LogP contribution is -2.25. The van der Waals surface area contributed by atoms with Crippen molar-refractivity contribution >= 4 is 40.5 Å². The molecule has 0 aliphatic heterocycles. The summed E-state index contributed by atoms with van der Waals surface area (Å²) in [6.45, 7) is 8.21. The molecule has 3 nitrogen and oxygen atoms in total. The lowest BCUT2D eigenvalue weighted by Gasteiger charge is -2.17. The van der Waals surface area contributed by atoms with E-state index in [1.807, 2.05) is 27.7 Å². The van der Waals surface area contributed by atoms with Crippen LogP contribution in [-0.4, -0.2) is 17.6 Å². The average molecular weight is 360 g/mol. The van der Waals surface area contributed by atoms with Crippen molar-refractivity contribution in [3.63, 3.8) is 0 Å². The van der Waals surface area contributed by atoms with E-state index in [0.29, 0.717) is 23.6 Å². The number of rotatable bonds is 7. The lowest BCUT2D eigenvalue weighted by atomic mass is 9.97. The topological polar surface area (TPSA) is 38.3 Å². The number of thiocarbonyl (C=S) groups is 1. The molecule has 0 saturated carbocycles. The molecule has 0 aliphatic rings. The molecule has 0 spiro atoms. The van der Waals surface area contributed by atoms with Gasteiger partial charge in [0.05, 0.1) is 12.3 Å². The highest BCUT2D eigenvalue weighted by Crippen LogP contribution is 2.26. The minimum absolute atomic E-state index is 0.111. The van der Waals surface area contributed by atoms with E-state index in [0.717, 1.165) is 6.42 Å². The molecule has 1 rings (SSSR count). The number of benzene rings is 1. The highest BCUT2D eigenvalue weighted by molar-refractivity contribution is 7.80. The minimum Gasteiger partial charge on any atom is -0.487 e. The van der Waals surface area contributed by atoms with E-state index in [1.165, 1.54) is 12.1 Å². The Labute approximate surface area is 147 Å². The summed E-state index contributed by atoms with van der Waals surface area (Å²) >= 11 is 11.2. The largest absolute Gasteiger partial charge is 0.487 e. The van der Waals surface area contributed by atoms with Crippen molar-refractivity contribution in [1.82, 2.24) is 0 Å². The van der Waals surface area contributed by atoms with Crippen molar-refractivity contribution in [2.24, 2.45) is 11.8 Å². The molecule has 0 fully saturated rings. The van der Waals surface area contributed by atoms with Gasteiger partial charge in [0, 0.05) is 17.4 Å². The average Bonchev–Trinajstić information content (AvgIpc) is 2.48. The summed E-state index contributed by atoms with van der Waals surface area (Å²) in [7, 11) is 0. The van der Waals surface area contributed by atoms with Gasteiger partial charge < -0.3 is 10.1 Å². The van der Waals surface area contributed by atoms with E-state index in [4.69, 9.17) is 28.6 Å². The third kappa shape index (κ3) is 6.07. The summed E-state index contributed by atoms with van der Waals surface area (Å²) in [5, 5.41) is 3.28. The number of hydrogen-bond acceptors (Lipinski definition) is 3. The maximum absolute atomic E-state index is 14.0. The quantitative estimate of drug-likeness (QED) is 0.696. The van der Waals surface area contributed by atoms with Crippen LogP contribution in [-0.2, 0) is 16.0 Å². The number of carbonyl (C=O) groups is 1. The van der Waals surface area contributed by atoms with Gasteiger partial charge in [-0.25, -0.2) is 4.39 Å². The molecule has 1 amide bonds. The number of ether oxygens (including phenoxy) is 1. The van der Waals surface area contributed by atoms with Crippen molar-refractivity contribution in [2.45, 2.75) is 40.5 Å². The second kappa shape index (κ2) is 9.18. The number of carbonyl (C=O) groups excluding carboxylic acids is 1. The van der Waals surface area contributed by atoms with Crippen LogP contribution in [0.15, 0.2) is 12.1 Å². The molecule has 1 atom stereocenters. The maximum atomic E-state index is 14.0. The predicted octanol–water partition coefficient (Wildman–Crippen LogP) is 5.01. The zero-order chi connectivity index (χ0) is 17.6. The van der Waals surface area contributed by atoms with E-state index >= 15 is 0 Å². The van der Waals surface area contributed by atoms with E-state index < -0.39 is 5.82 Å². The van der Waals surface area contributed by atoms with Crippen molar-refractivity contribution in [1.29, 1.82) is 0 Å². The monoisotopic (exact) mass is 359 g/mol. The van der Waals surface area contributed by atoms with Gasteiger partial charge in [0.2, 0.25) is 5.91 Å². The number of amides is 1. The summed E-state index contributed by atoms with van der Waals surface area (Å²) in [5.41, 5.74) is 0.738. The smallest absolute Gasteiger partial charge is 0.227 e. The Balaban J connectivity index is 2.91. The zero-order valence-corrected chi connectivity index (χ0v) is 15.5. The second-order valence-corrected chi connectivity index (χ2v) is 6.71. The van der Waals surface area contributed by atoms with Gasteiger partial charge in [-0.15, -0.1) is 0 Å². The third-order valence-electron chi connectivity index (χ3n) is 3.61. The molecule has 0 radical (unpaired) electrons. The van der Waals surface area contributed by atoms with E-state index in [-0.39, 0.29) is 28.5 Å². The molecule has 0 heterocycles. The van der Waals surface area contributed by atoms with Gasteiger partial charge in [-0.05, 0) is 42.3 Å². The lowest BCUT2D eigenvalue weighted by molar-refractivity contribution is -0.120. The van der Waals surface area contributed by atoms with Crippen LogP contribution < -0.4 is 5.32 Å². The molecule has 0 saturated heterocycles. The summed E-state index contributed by atoms with van der Waals surface area (Å²) in [4.78, 5) is 12.1. The van der Waals surface area contributed by atoms with Gasteiger partial charge in [0.15, 0.2) is 5.05 Å². The highest BCUT2D eigenvalue weighted by atomic mass is 35.5. The molecule has 0 aromatic heterocycles. The van der Waals surface area contributed by atoms with Crippen molar-refractivity contribution in [2.75, 3.05) is 11.9 Å². The first-order valence-electron chi connectivity index (χ1n) is 7.70. The van der Waals surface area contributed by atoms with E-state index in [9.17, 15) is 9.18 Å². The van der Waals surface area contributed by atoms with Gasteiger partial charge >= 0.3 is 0 Å². The molecule has 1 N–H and O–H groups in total. The molecular weight excluding hydrogens is 337 g/mol. The molecule has 0 bridgehead atoms. The van der Waals surface area contributed by atoms with E-state index in [2.05, 4.69) is 5.32 Å². The van der Waals surface area contributed by atoms with Gasteiger partial charge in [0.1, 0.15) is 5.82 Å². The third-order valence-corrected chi connectivity index (χ3v) is 4.22. The van der Waals surface area contributed by atoms with Crippen LogP contribution in [0.1, 0.15) is 39.7 Å².